The van der Waals surface area contributed by atoms with Gasteiger partial charge in [-0.3, -0.25) is 4.79 Å². The summed E-state index contributed by atoms with van der Waals surface area (Å²) in [6.45, 7) is 16.8. The van der Waals surface area contributed by atoms with Gasteiger partial charge in [-0.2, -0.15) is 0 Å². The molecule has 0 aromatic heterocycles. The minimum absolute atomic E-state index is 0.0875. The fraction of sp³-hybridized carbons (Fsp3) is 0.968. The van der Waals surface area contributed by atoms with Gasteiger partial charge in [0.15, 0.2) is 0 Å². The molecule has 0 bridgehead atoms. The molecule has 2 nitrogen and oxygen atoms in total. The molecule has 10 atom stereocenters. The van der Waals surface area contributed by atoms with Crippen LogP contribution in [0.1, 0.15) is 126 Å². The fourth-order valence-electron chi connectivity index (χ4n) is 10.2. The predicted octanol–water partition coefficient (Wildman–Crippen LogP) is 8.68. The van der Waals surface area contributed by atoms with Crippen LogP contribution < -0.4 is 0 Å². The lowest BCUT2D eigenvalue weighted by Gasteiger charge is -2.61. The Morgan fingerprint density at radius 1 is 0.909 bits per heavy atom. The van der Waals surface area contributed by atoms with Gasteiger partial charge in [-0.05, 0) is 122 Å². The summed E-state index contributed by atoms with van der Waals surface area (Å²) in [6.07, 6.45) is 16.6. The fourth-order valence-corrected chi connectivity index (χ4v) is 10.2. The van der Waals surface area contributed by atoms with Crippen molar-refractivity contribution in [2.45, 2.75) is 132 Å². The van der Waals surface area contributed by atoms with Crippen molar-refractivity contribution in [2.75, 3.05) is 0 Å². The molecule has 0 N–H and O–H groups in total. The highest BCUT2D eigenvalue weighted by molar-refractivity contribution is 5.66. The summed E-state index contributed by atoms with van der Waals surface area (Å²) in [5.74, 6) is 7.06. The Hall–Kier alpha value is -0.530. The number of ether oxygens (including phenoxy) is 1. The zero-order valence-electron chi connectivity index (χ0n) is 23.0. The topological polar surface area (TPSA) is 26.3 Å². The summed E-state index contributed by atoms with van der Waals surface area (Å²) < 4.78 is 5.67. The lowest BCUT2D eigenvalue weighted by Crippen LogP contribution is -2.54. The van der Waals surface area contributed by atoms with Gasteiger partial charge in [0.25, 0.3) is 0 Å². The van der Waals surface area contributed by atoms with E-state index in [0.717, 1.165) is 60.2 Å². The Morgan fingerprint density at radius 2 is 1.61 bits per heavy atom. The van der Waals surface area contributed by atoms with E-state index in [1.165, 1.54) is 64.2 Å². The quantitative estimate of drug-likeness (QED) is 0.357. The number of esters is 1. The average Bonchev–Trinajstić information content (AvgIpc) is 3.11. The lowest BCUT2D eigenvalue weighted by molar-refractivity contribution is -0.160. The highest BCUT2D eigenvalue weighted by Crippen LogP contribution is 2.68. The summed E-state index contributed by atoms with van der Waals surface area (Å²) >= 11 is 0. The van der Waals surface area contributed by atoms with E-state index in [0.29, 0.717) is 10.8 Å². The van der Waals surface area contributed by atoms with Gasteiger partial charge in [-0.1, -0.05) is 54.4 Å². The zero-order valence-corrected chi connectivity index (χ0v) is 23.0. The molecule has 33 heavy (non-hydrogen) atoms. The average molecular weight is 459 g/mol. The van der Waals surface area contributed by atoms with Crippen molar-refractivity contribution in [3.63, 3.8) is 0 Å². The Morgan fingerprint density at radius 3 is 2.27 bits per heavy atom. The molecule has 0 aliphatic heterocycles. The van der Waals surface area contributed by atoms with Gasteiger partial charge in [0, 0.05) is 6.92 Å². The maximum Gasteiger partial charge on any atom is 0.302 e. The van der Waals surface area contributed by atoms with Gasteiger partial charge in [0.05, 0.1) is 0 Å². The first-order valence-electron chi connectivity index (χ1n) is 14.8. The van der Waals surface area contributed by atoms with Gasteiger partial charge in [0.1, 0.15) is 6.10 Å². The smallest absolute Gasteiger partial charge is 0.302 e. The van der Waals surface area contributed by atoms with Crippen molar-refractivity contribution in [3.05, 3.63) is 0 Å². The van der Waals surface area contributed by atoms with E-state index in [9.17, 15) is 4.79 Å². The molecule has 0 amide bonds. The Kier molecular flexibility index (Phi) is 7.63. The molecule has 0 saturated heterocycles. The van der Waals surface area contributed by atoms with Gasteiger partial charge >= 0.3 is 5.97 Å². The SMILES string of the molecule is CC[C@@H](CC[C@@H](C)[C@H]1CC[C@H]2[C@@H]3CC[C@H]4C[C@H](OC(C)=O)CC[C@]4(C)[C@H]3CC[C@]12C)C(C)C. The number of hydrogen-bond acceptors (Lipinski definition) is 2. The standard InChI is InChI=1S/C31H54O2/c1-8-23(20(2)3)10-9-21(4)27-13-14-28-26-12-11-24-19-25(33-22(5)32)15-17-30(24,6)29(26)16-18-31(27,28)7/h20-21,23-29H,8-19H2,1-7H3/t21-,23+,24+,25-,26+,27-,28+,29+,30+,31-/m1/s1. The maximum atomic E-state index is 11.5. The second-order valence-electron chi connectivity index (χ2n) is 13.9. The van der Waals surface area contributed by atoms with Crippen LogP contribution in [0, 0.1) is 58.2 Å². The zero-order chi connectivity index (χ0) is 24.0. The molecule has 0 aromatic carbocycles. The molecule has 4 aliphatic rings. The summed E-state index contributed by atoms with van der Waals surface area (Å²) in [7, 11) is 0. The van der Waals surface area contributed by atoms with Crippen molar-refractivity contribution in [3.8, 4) is 0 Å². The predicted molar refractivity (Wildman–Crippen MR) is 138 cm³/mol. The molecule has 190 valence electrons. The molecule has 2 heteroatoms. The number of rotatable bonds is 7. The van der Waals surface area contributed by atoms with Crippen LogP contribution in [0.3, 0.4) is 0 Å². The van der Waals surface area contributed by atoms with Crippen LogP contribution in [0.25, 0.3) is 0 Å². The van der Waals surface area contributed by atoms with Crippen LogP contribution in [0.2, 0.25) is 0 Å². The van der Waals surface area contributed by atoms with E-state index in [1.54, 1.807) is 6.92 Å². The molecule has 0 heterocycles. The second kappa shape index (κ2) is 9.85. The van der Waals surface area contributed by atoms with Crippen LogP contribution in [0.15, 0.2) is 0 Å². The third-order valence-corrected chi connectivity index (χ3v) is 12.2. The summed E-state index contributed by atoms with van der Waals surface area (Å²) in [6, 6.07) is 0. The van der Waals surface area contributed by atoms with E-state index in [-0.39, 0.29) is 12.1 Å². The number of carbonyl (C=O) groups is 1. The molecule has 4 aliphatic carbocycles. The molecule has 0 radical (unpaired) electrons. The molecule has 0 aromatic rings. The van der Waals surface area contributed by atoms with Crippen molar-refractivity contribution < 1.29 is 9.53 Å². The van der Waals surface area contributed by atoms with Crippen molar-refractivity contribution in [1.29, 1.82) is 0 Å². The third-order valence-electron chi connectivity index (χ3n) is 12.2. The molecular formula is C31H54O2. The van der Waals surface area contributed by atoms with Gasteiger partial charge in [0.2, 0.25) is 0 Å². The third kappa shape index (κ3) is 4.67. The van der Waals surface area contributed by atoms with Crippen molar-refractivity contribution >= 4 is 5.97 Å². The van der Waals surface area contributed by atoms with Crippen LogP contribution in [0.4, 0.5) is 0 Å². The Balaban J connectivity index is 1.42. The molecule has 0 spiro atoms. The Labute approximate surface area is 205 Å². The first kappa shape index (κ1) is 25.6. The van der Waals surface area contributed by atoms with Crippen molar-refractivity contribution in [2.24, 2.45) is 58.2 Å². The maximum absolute atomic E-state index is 11.5. The summed E-state index contributed by atoms with van der Waals surface area (Å²) in [4.78, 5) is 11.5. The van der Waals surface area contributed by atoms with E-state index in [1.807, 2.05) is 0 Å². The molecular weight excluding hydrogens is 404 g/mol. The van der Waals surface area contributed by atoms with Crippen LogP contribution in [0.5, 0.6) is 0 Å². The monoisotopic (exact) mass is 458 g/mol. The highest BCUT2D eigenvalue weighted by Gasteiger charge is 2.60. The minimum atomic E-state index is -0.0875. The van der Waals surface area contributed by atoms with Crippen LogP contribution in [-0.4, -0.2) is 12.1 Å². The minimum Gasteiger partial charge on any atom is -0.463 e. The number of hydrogen-bond donors (Lipinski definition) is 0. The molecule has 4 fully saturated rings. The van der Waals surface area contributed by atoms with E-state index < -0.39 is 0 Å². The van der Waals surface area contributed by atoms with E-state index in [2.05, 4.69) is 41.5 Å². The van der Waals surface area contributed by atoms with Gasteiger partial charge in [-0.25, -0.2) is 0 Å². The molecule has 4 saturated carbocycles. The van der Waals surface area contributed by atoms with E-state index in [4.69, 9.17) is 4.74 Å². The molecule has 4 rings (SSSR count). The first-order chi connectivity index (χ1) is 15.6. The first-order valence-corrected chi connectivity index (χ1v) is 14.8. The Bertz CT molecular complexity index is 684. The van der Waals surface area contributed by atoms with Crippen molar-refractivity contribution in [1.82, 2.24) is 0 Å². The summed E-state index contributed by atoms with van der Waals surface area (Å²) in [5.41, 5.74) is 1.06. The molecule has 0 unspecified atom stereocenters. The number of carbonyl (C=O) groups excluding carboxylic acids is 1. The van der Waals surface area contributed by atoms with E-state index >= 15 is 0 Å². The largest absolute Gasteiger partial charge is 0.463 e. The van der Waals surface area contributed by atoms with Gasteiger partial charge in [-0.15, -0.1) is 0 Å². The summed E-state index contributed by atoms with van der Waals surface area (Å²) in [5, 5.41) is 0. The van der Waals surface area contributed by atoms with Gasteiger partial charge < -0.3 is 4.74 Å². The lowest BCUT2D eigenvalue weighted by atomic mass is 9.44. The normalized spacial score (nSPS) is 44.5. The highest BCUT2D eigenvalue weighted by atomic mass is 16.5. The second-order valence-corrected chi connectivity index (χ2v) is 13.9. The number of fused-ring (bicyclic) bond motifs is 5. The van der Waals surface area contributed by atoms with Crippen LogP contribution in [-0.2, 0) is 9.53 Å². The van der Waals surface area contributed by atoms with Crippen LogP contribution >= 0.6 is 0 Å².